The van der Waals surface area contributed by atoms with E-state index in [0.29, 0.717) is 24.8 Å². The Labute approximate surface area is 135 Å². The van der Waals surface area contributed by atoms with Crippen molar-refractivity contribution in [2.24, 2.45) is 0 Å². The maximum absolute atomic E-state index is 12.5. The molecule has 0 aliphatic carbocycles. The quantitative estimate of drug-likeness (QED) is 0.925. The molecule has 3 heterocycles. The highest BCUT2D eigenvalue weighted by molar-refractivity contribution is 5.92. The molecule has 23 heavy (non-hydrogen) atoms. The van der Waals surface area contributed by atoms with Gasteiger partial charge in [0.1, 0.15) is 5.69 Å². The van der Waals surface area contributed by atoms with E-state index >= 15 is 0 Å². The number of hydrogen-bond acceptors (Lipinski definition) is 4. The first-order valence-corrected chi connectivity index (χ1v) is 7.77. The molecule has 1 fully saturated rings. The van der Waals surface area contributed by atoms with Gasteiger partial charge >= 0.3 is 0 Å². The number of carbonyl (C=O) groups is 1. The highest BCUT2D eigenvalue weighted by Gasteiger charge is 2.28. The summed E-state index contributed by atoms with van der Waals surface area (Å²) in [6.45, 7) is 10.8. The number of piperazine rings is 1. The Bertz CT molecular complexity index is 703. The number of amides is 1. The first-order valence-electron chi connectivity index (χ1n) is 7.77. The van der Waals surface area contributed by atoms with E-state index in [1.54, 1.807) is 16.9 Å². The third-order valence-corrected chi connectivity index (χ3v) is 4.21. The van der Waals surface area contributed by atoms with Crippen LogP contribution in [0.3, 0.4) is 0 Å². The Morgan fingerprint density at radius 1 is 1.52 bits per heavy atom. The highest BCUT2D eigenvalue weighted by Crippen LogP contribution is 2.15. The maximum Gasteiger partial charge on any atom is 0.274 e. The van der Waals surface area contributed by atoms with Gasteiger partial charge < -0.3 is 4.90 Å². The second-order valence-electron chi connectivity index (χ2n) is 6.02. The molecule has 0 bridgehead atoms. The molecule has 0 spiro atoms. The van der Waals surface area contributed by atoms with E-state index in [1.165, 1.54) is 0 Å². The molecule has 1 amide bonds. The molecule has 1 aliphatic heterocycles. The molecule has 0 saturated carbocycles. The monoisotopic (exact) mass is 314 g/mol. The van der Waals surface area contributed by atoms with Gasteiger partial charge in [-0.3, -0.25) is 14.8 Å². The normalized spacial score (nSPS) is 19.0. The van der Waals surface area contributed by atoms with E-state index in [4.69, 9.17) is 0 Å². The van der Waals surface area contributed by atoms with Crippen LogP contribution in [0.4, 0.5) is 0 Å². The Morgan fingerprint density at radius 2 is 2.35 bits per heavy atom. The lowest BCUT2D eigenvalue weighted by molar-refractivity contribution is 0.0490. The number of nitrogens with one attached hydrogen (secondary N) is 1. The minimum Gasteiger partial charge on any atom is -0.334 e. The zero-order chi connectivity index (χ0) is 16.4. The van der Waals surface area contributed by atoms with Crippen molar-refractivity contribution in [2.45, 2.75) is 26.4 Å². The molecule has 1 saturated heterocycles. The second kappa shape index (κ2) is 6.37. The summed E-state index contributed by atoms with van der Waals surface area (Å²) in [5.74, 6) is 0.000303. The van der Waals surface area contributed by atoms with Crippen LogP contribution in [0.5, 0.6) is 0 Å². The van der Waals surface area contributed by atoms with Crippen molar-refractivity contribution in [1.29, 1.82) is 0 Å². The van der Waals surface area contributed by atoms with Gasteiger partial charge in [-0.15, -0.1) is 0 Å². The molecule has 3 rings (SSSR count). The standard InChI is InChI=1S/C16H22N6O/c1-4-22-11-14(8-17-22)10-20-5-6-21(9-13(20)3)16(23)15-7-12(2)18-19-15/h4,7-8,11,13H,1,5-6,9-10H2,2-3H3,(H,18,19)/t13-/m1/s1. The number of nitrogens with zero attached hydrogens (tertiary/aromatic N) is 5. The number of aryl methyl sites for hydroxylation is 1. The minimum absolute atomic E-state index is 0.000303. The van der Waals surface area contributed by atoms with Gasteiger partial charge in [-0.05, 0) is 19.9 Å². The van der Waals surface area contributed by atoms with E-state index in [2.05, 4.69) is 33.7 Å². The Balaban J connectivity index is 1.60. The van der Waals surface area contributed by atoms with Gasteiger partial charge in [-0.2, -0.15) is 10.2 Å². The van der Waals surface area contributed by atoms with Gasteiger partial charge in [-0.25, -0.2) is 4.68 Å². The smallest absolute Gasteiger partial charge is 0.274 e. The third kappa shape index (κ3) is 3.34. The first kappa shape index (κ1) is 15.5. The number of aromatic nitrogens is 4. The molecular formula is C16H22N6O. The van der Waals surface area contributed by atoms with Crippen molar-refractivity contribution in [3.63, 3.8) is 0 Å². The summed E-state index contributed by atoms with van der Waals surface area (Å²) in [4.78, 5) is 16.7. The number of hydrogen-bond donors (Lipinski definition) is 1. The Kier molecular flexibility index (Phi) is 4.29. The number of H-pyrrole nitrogens is 1. The maximum atomic E-state index is 12.5. The topological polar surface area (TPSA) is 70.0 Å². The van der Waals surface area contributed by atoms with E-state index < -0.39 is 0 Å². The molecule has 2 aromatic heterocycles. The van der Waals surface area contributed by atoms with Gasteiger partial charge in [0.25, 0.3) is 5.91 Å². The lowest BCUT2D eigenvalue weighted by atomic mass is 10.1. The minimum atomic E-state index is 0.000303. The van der Waals surface area contributed by atoms with Crippen molar-refractivity contribution < 1.29 is 4.79 Å². The summed E-state index contributed by atoms with van der Waals surface area (Å²) < 4.78 is 1.71. The SMILES string of the molecule is C=Cn1cc(CN2CCN(C(=O)c3cc(C)[nH]n3)C[C@H]2C)cn1. The molecule has 1 atom stereocenters. The molecule has 2 aromatic rings. The summed E-state index contributed by atoms with van der Waals surface area (Å²) >= 11 is 0. The number of carbonyl (C=O) groups excluding carboxylic acids is 1. The number of rotatable bonds is 4. The summed E-state index contributed by atoms with van der Waals surface area (Å²) in [6, 6.07) is 2.09. The zero-order valence-corrected chi connectivity index (χ0v) is 13.6. The fourth-order valence-corrected chi connectivity index (χ4v) is 2.90. The van der Waals surface area contributed by atoms with Gasteiger partial charge in [0.05, 0.1) is 6.20 Å². The van der Waals surface area contributed by atoms with Gasteiger partial charge in [-0.1, -0.05) is 6.58 Å². The molecule has 0 unspecified atom stereocenters. The van der Waals surface area contributed by atoms with Gasteiger partial charge in [0, 0.05) is 55.9 Å². The van der Waals surface area contributed by atoms with E-state index in [0.717, 1.165) is 24.3 Å². The summed E-state index contributed by atoms with van der Waals surface area (Å²) in [5.41, 5.74) is 2.55. The van der Waals surface area contributed by atoms with Gasteiger partial charge in [0.2, 0.25) is 0 Å². The highest BCUT2D eigenvalue weighted by atomic mass is 16.2. The third-order valence-electron chi connectivity index (χ3n) is 4.21. The Morgan fingerprint density at radius 3 is 2.96 bits per heavy atom. The van der Waals surface area contributed by atoms with Crippen LogP contribution in [0.15, 0.2) is 25.0 Å². The van der Waals surface area contributed by atoms with Crippen LogP contribution >= 0.6 is 0 Å². The van der Waals surface area contributed by atoms with Crippen molar-refractivity contribution >= 4 is 12.1 Å². The van der Waals surface area contributed by atoms with Gasteiger partial charge in [0.15, 0.2) is 0 Å². The fourth-order valence-electron chi connectivity index (χ4n) is 2.90. The lowest BCUT2D eigenvalue weighted by Crippen LogP contribution is -2.53. The first-order chi connectivity index (χ1) is 11.1. The van der Waals surface area contributed by atoms with E-state index in [-0.39, 0.29) is 5.91 Å². The molecule has 7 heteroatoms. The molecule has 7 nitrogen and oxygen atoms in total. The van der Waals surface area contributed by atoms with Crippen LogP contribution in [0, 0.1) is 6.92 Å². The van der Waals surface area contributed by atoms with Crippen molar-refractivity contribution in [3.05, 3.63) is 42.0 Å². The zero-order valence-electron chi connectivity index (χ0n) is 13.6. The van der Waals surface area contributed by atoms with Crippen molar-refractivity contribution in [2.75, 3.05) is 19.6 Å². The predicted molar refractivity (Wildman–Crippen MR) is 87.7 cm³/mol. The van der Waals surface area contributed by atoms with E-state index in [1.807, 2.05) is 24.2 Å². The van der Waals surface area contributed by atoms with Crippen LogP contribution in [0.2, 0.25) is 0 Å². The van der Waals surface area contributed by atoms with Crippen molar-refractivity contribution in [3.8, 4) is 0 Å². The van der Waals surface area contributed by atoms with Crippen LogP contribution < -0.4 is 0 Å². The van der Waals surface area contributed by atoms with Crippen LogP contribution in [0.1, 0.15) is 28.7 Å². The molecule has 1 aliphatic rings. The number of aromatic amines is 1. The van der Waals surface area contributed by atoms with Crippen LogP contribution in [0.25, 0.3) is 6.20 Å². The van der Waals surface area contributed by atoms with Crippen molar-refractivity contribution in [1.82, 2.24) is 29.8 Å². The fraction of sp³-hybridized carbons (Fsp3) is 0.438. The van der Waals surface area contributed by atoms with Crippen LogP contribution in [-0.4, -0.2) is 61.4 Å². The van der Waals surface area contributed by atoms with E-state index in [9.17, 15) is 4.79 Å². The summed E-state index contributed by atoms with van der Waals surface area (Å²) in [7, 11) is 0. The molecule has 0 aromatic carbocycles. The molecular weight excluding hydrogens is 292 g/mol. The second-order valence-corrected chi connectivity index (χ2v) is 6.02. The lowest BCUT2D eigenvalue weighted by Gasteiger charge is -2.39. The summed E-state index contributed by atoms with van der Waals surface area (Å²) in [6.07, 6.45) is 5.51. The molecule has 1 N–H and O–H groups in total. The summed E-state index contributed by atoms with van der Waals surface area (Å²) in [5, 5.41) is 11.1. The molecule has 122 valence electrons. The molecule has 0 radical (unpaired) electrons. The largest absolute Gasteiger partial charge is 0.334 e. The Hall–Kier alpha value is -2.41. The van der Waals surface area contributed by atoms with Crippen LogP contribution in [-0.2, 0) is 6.54 Å². The average Bonchev–Trinajstić information content (AvgIpc) is 3.17. The predicted octanol–water partition coefficient (Wildman–Crippen LogP) is 1.36. The average molecular weight is 314 g/mol.